The van der Waals surface area contributed by atoms with E-state index in [-0.39, 0.29) is 15.0 Å². The van der Waals surface area contributed by atoms with Crippen LogP contribution in [0.4, 0.5) is 0 Å². The Morgan fingerprint density at radius 2 is 2.27 bits per heavy atom. The first-order valence-corrected chi connectivity index (χ1v) is 6.45. The van der Waals surface area contributed by atoms with Gasteiger partial charge in [-0.05, 0) is 0 Å². The minimum atomic E-state index is -0.153. The van der Waals surface area contributed by atoms with Crippen molar-refractivity contribution in [2.24, 2.45) is 4.99 Å². The number of rotatable bonds is 2. The zero-order valence-corrected chi connectivity index (χ0v) is 9.85. The fourth-order valence-corrected chi connectivity index (χ4v) is 2.47. The normalized spacial score (nSPS) is 15.0. The van der Waals surface area contributed by atoms with Crippen molar-refractivity contribution in [3.8, 4) is 4.97 Å². The Morgan fingerprint density at radius 3 is 3.00 bits per heavy atom. The summed E-state index contributed by atoms with van der Waals surface area (Å²) in [4.78, 5) is 6.55. The molecule has 0 spiro atoms. The molecule has 0 radical (unpaired) electrons. The number of nitrogens with zero attached hydrogens (tertiary/aromatic N) is 2. The van der Waals surface area contributed by atoms with Crippen molar-refractivity contribution in [1.29, 1.82) is 5.26 Å². The first-order chi connectivity index (χ1) is 7.42. The molecular formula is C11H10N2OSe. The first kappa shape index (κ1) is 10.2. The predicted octanol–water partition coefficient (Wildman–Crippen LogP) is 0.664. The van der Waals surface area contributed by atoms with Crippen molar-refractivity contribution >= 4 is 25.3 Å². The van der Waals surface area contributed by atoms with Crippen molar-refractivity contribution in [3.05, 3.63) is 29.8 Å². The molecule has 0 saturated carbocycles. The predicted molar refractivity (Wildman–Crippen MR) is 59.4 cm³/mol. The molecule has 15 heavy (non-hydrogen) atoms. The van der Waals surface area contributed by atoms with Crippen LogP contribution in [-0.2, 0) is 4.74 Å². The number of hydrogen-bond donors (Lipinski definition) is 0. The van der Waals surface area contributed by atoms with Crippen molar-refractivity contribution in [2.75, 3.05) is 13.2 Å². The van der Waals surface area contributed by atoms with E-state index >= 15 is 0 Å². The first-order valence-electron chi connectivity index (χ1n) is 4.74. The standard InChI is InChI=1S/C11H10N2OSe/c12-8-15-10-5-2-1-4-9(10)11-13-6-3-7-14-11/h1-2,4-5H,3,6-7H2. The molecule has 1 heterocycles. The average Bonchev–Trinajstić information content (AvgIpc) is 2.31. The van der Waals surface area contributed by atoms with Crippen LogP contribution >= 0.6 is 0 Å². The van der Waals surface area contributed by atoms with E-state index in [4.69, 9.17) is 10.00 Å². The maximum absolute atomic E-state index is 8.74. The van der Waals surface area contributed by atoms with E-state index in [1.807, 2.05) is 24.3 Å². The van der Waals surface area contributed by atoms with E-state index in [1.165, 1.54) is 0 Å². The van der Waals surface area contributed by atoms with Gasteiger partial charge in [0.25, 0.3) is 0 Å². The van der Waals surface area contributed by atoms with Crippen LogP contribution in [0.3, 0.4) is 0 Å². The molecule has 0 atom stereocenters. The van der Waals surface area contributed by atoms with Gasteiger partial charge in [-0.15, -0.1) is 0 Å². The van der Waals surface area contributed by atoms with Crippen molar-refractivity contribution in [3.63, 3.8) is 0 Å². The summed E-state index contributed by atoms with van der Waals surface area (Å²) < 4.78 is 6.55. The topological polar surface area (TPSA) is 45.4 Å². The Balaban J connectivity index is 2.34. The Kier molecular flexibility index (Phi) is 3.39. The number of hydrogen-bond acceptors (Lipinski definition) is 3. The van der Waals surface area contributed by atoms with Crippen molar-refractivity contribution < 1.29 is 4.74 Å². The Labute approximate surface area is 94.9 Å². The Morgan fingerprint density at radius 1 is 1.40 bits per heavy atom. The second-order valence-electron chi connectivity index (χ2n) is 3.08. The molecule has 2 rings (SSSR count). The molecule has 3 nitrogen and oxygen atoms in total. The molecule has 0 unspecified atom stereocenters. The van der Waals surface area contributed by atoms with Crippen molar-refractivity contribution in [1.82, 2.24) is 0 Å². The molecule has 0 saturated heterocycles. The molecule has 0 aliphatic carbocycles. The van der Waals surface area contributed by atoms with Crippen LogP contribution < -0.4 is 4.46 Å². The third kappa shape index (κ3) is 2.38. The summed E-state index contributed by atoms with van der Waals surface area (Å²) >= 11 is -0.153. The second kappa shape index (κ2) is 4.97. The molecule has 0 N–H and O–H groups in total. The zero-order chi connectivity index (χ0) is 10.5. The number of benzene rings is 1. The fraction of sp³-hybridized carbons (Fsp3) is 0.273. The fourth-order valence-electron chi connectivity index (χ4n) is 1.40. The SMILES string of the molecule is N#C[Se]c1ccccc1C1=NCCCO1. The summed E-state index contributed by atoms with van der Waals surface area (Å²) in [5, 5.41) is 8.74. The van der Waals surface area contributed by atoms with Crippen LogP contribution in [-0.4, -0.2) is 34.0 Å². The Hall–Kier alpha value is -1.30. The van der Waals surface area contributed by atoms with Crippen LogP contribution in [0.1, 0.15) is 12.0 Å². The van der Waals surface area contributed by atoms with E-state index in [1.54, 1.807) is 0 Å². The van der Waals surface area contributed by atoms with Crippen LogP contribution in [0, 0.1) is 10.2 Å². The summed E-state index contributed by atoms with van der Waals surface area (Å²) in [7, 11) is 0. The second-order valence-corrected chi connectivity index (χ2v) is 4.81. The van der Waals surface area contributed by atoms with Gasteiger partial charge in [-0.25, -0.2) is 0 Å². The van der Waals surface area contributed by atoms with Gasteiger partial charge < -0.3 is 0 Å². The molecule has 1 aromatic rings. The summed E-state index contributed by atoms with van der Waals surface area (Å²) in [6.45, 7) is 1.55. The summed E-state index contributed by atoms with van der Waals surface area (Å²) in [6.07, 6.45) is 0.981. The van der Waals surface area contributed by atoms with Gasteiger partial charge in [-0.3, -0.25) is 0 Å². The molecule has 0 amide bonds. The number of ether oxygens (including phenoxy) is 1. The maximum atomic E-state index is 8.74. The van der Waals surface area contributed by atoms with Gasteiger partial charge in [0, 0.05) is 0 Å². The van der Waals surface area contributed by atoms with Gasteiger partial charge in [0.1, 0.15) is 0 Å². The molecule has 1 aromatic carbocycles. The molecule has 0 fully saturated rings. The third-order valence-electron chi connectivity index (χ3n) is 2.07. The van der Waals surface area contributed by atoms with E-state index < -0.39 is 0 Å². The third-order valence-corrected chi connectivity index (χ3v) is 3.47. The van der Waals surface area contributed by atoms with E-state index in [2.05, 4.69) is 9.96 Å². The molecular weight excluding hydrogens is 255 g/mol. The van der Waals surface area contributed by atoms with Crippen LogP contribution in [0.15, 0.2) is 29.3 Å². The van der Waals surface area contributed by atoms with Crippen molar-refractivity contribution in [2.45, 2.75) is 6.42 Å². The summed E-state index contributed by atoms with van der Waals surface area (Å²) in [5.41, 5.74) is 0.985. The van der Waals surface area contributed by atoms with Gasteiger partial charge >= 0.3 is 94.7 Å². The van der Waals surface area contributed by atoms with Gasteiger partial charge in [0.05, 0.1) is 0 Å². The summed E-state index contributed by atoms with van der Waals surface area (Å²) in [5.74, 6) is 0.703. The van der Waals surface area contributed by atoms with Gasteiger partial charge in [-0.2, -0.15) is 0 Å². The molecule has 1 aliphatic rings. The van der Waals surface area contributed by atoms with Crippen LogP contribution in [0.25, 0.3) is 0 Å². The monoisotopic (exact) mass is 266 g/mol. The van der Waals surface area contributed by atoms with E-state index in [9.17, 15) is 0 Å². The molecule has 0 bridgehead atoms. The number of aliphatic imine (C=N–C) groups is 1. The average molecular weight is 265 g/mol. The van der Waals surface area contributed by atoms with E-state index in [0.29, 0.717) is 5.90 Å². The minimum absolute atomic E-state index is 0.153. The molecule has 1 aliphatic heterocycles. The van der Waals surface area contributed by atoms with Gasteiger partial charge in [0.2, 0.25) is 0 Å². The van der Waals surface area contributed by atoms with E-state index in [0.717, 1.165) is 29.6 Å². The quantitative estimate of drug-likeness (QED) is 0.737. The van der Waals surface area contributed by atoms with Crippen LogP contribution in [0.5, 0.6) is 0 Å². The molecule has 0 aromatic heterocycles. The van der Waals surface area contributed by atoms with Gasteiger partial charge in [0.15, 0.2) is 0 Å². The number of nitriles is 1. The van der Waals surface area contributed by atoms with Crippen LogP contribution in [0.2, 0.25) is 0 Å². The summed E-state index contributed by atoms with van der Waals surface area (Å²) in [6, 6.07) is 7.84. The van der Waals surface area contributed by atoms with Gasteiger partial charge in [-0.1, -0.05) is 0 Å². The molecule has 76 valence electrons. The zero-order valence-electron chi connectivity index (χ0n) is 8.14. The Bertz CT molecular complexity index is 423. The molecule has 4 heteroatoms.